The standard InChI is InChI=1S/C54H96O6/c1-4-7-10-13-16-19-21-23-25-26-27-29-30-32-35-38-41-44-47-53(56)59-50-51(49-58-52(55)46-43-40-37-34-18-15-12-9-6-3)60-54(57)48-45-42-39-36-33-31-28-24-22-20-17-14-11-8-5-2/h20,22,25-27,29,34,37,51H,4-19,21,23-24,28,30-33,35-36,38-50H2,1-3H3/b22-20-,26-25-,29-27-,37-34-. The average molecular weight is 841 g/mol. The molecule has 1 unspecified atom stereocenters. The largest absolute Gasteiger partial charge is 0.462 e. The lowest BCUT2D eigenvalue weighted by atomic mass is 10.1. The molecule has 0 heterocycles. The van der Waals surface area contributed by atoms with E-state index in [1.807, 2.05) is 0 Å². The van der Waals surface area contributed by atoms with Gasteiger partial charge in [-0.3, -0.25) is 14.4 Å². The van der Waals surface area contributed by atoms with Crippen LogP contribution in [0.1, 0.15) is 258 Å². The van der Waals surface area contributed by atoms with Crippen molar-refractivity contribution in [3.8, 4) is 0 Å². The van der Waals surface area contributed by atoms with Gasteiger partial charge in [-0.05, 0) is 89.9 Å². The fourth-order valence-electron chi connectivity index (χ4n) is 7.14. The molecule has 60 heavy (non-hydrogen) atoms. The Hall–Kier alpha value is -2.63. The summed E-state index contributed by atoms with van der Waals surface area (Å²) in [5.41, 5.74) is 0. The molecule has 0 bridgehead atoms. The molecule has 0 radical (unpaired) electrons. The summed E-state index contributed by atoms with van der Waals surface area (Å²) in [6.07, 6.45) is 58.2. The average Bonchev–Trinajstić information content (AvgIpc) is 3.24. The number of hydrogen-bond acceptors (Lipinski definition) is 6. The number of ether oxygens (including phenoxy) is 3. The van der Waals surface area contributed by atoms with Gasteiger partial charge < -0.3 is 14.2 Å². The van der Waals surface area contributed by atoms with Gasteiger partial charge in [-0.25, -0.2) is 0 Å². The van der Waals surface area contributed by atoms with Crippen molar-refractivity contribution in [2.75, 3.05) is 13.2 Å². The van der Waals surface area contributed by atoms with Crippen molar-refractivity contribution in [1.29, 1.82) is 0 Å². The highest BCUT2D eigenvalue weighted by molar-refractivity contribution is 5.71. The van der Waals surface area contributed by atoms with Gasteiger partial charge in [-0.2, -0.15) is 0 Å². The lowest BCUT2D eigenvalue weighted by molar-refractivity contribution is -0.167. The minimum absolute atomic E-state index is 0.0908. The van der Waals surface area contributed by atoms with Crippen LogP contribution in [-0.2, 0) is 28.6 Å². The van der Waals surface area contributed by atoms with Gasteiger partial charge in [0.15, 0.2) is 6.10 Å². The van der Waals surface area contributed by atoms with Crippen LogP contribution in [0.4, 0.5) is 0 Å². The highest BCUT2D eigenvalue weighted by atomic mass is 16.6. The number of unbranched alkanes of at least 4 members (excludes halogenated alkanes) is 28. The summed E-state index contributed by atoms with van der Waals surface area (Å²) in [5.74, 6) is -0.941. The Bertz CT molecular complexity index is 1060. The molecule has 1 atom stereocenters. The minimum atomic E-state index is -0.790. The van der Waals surface area contributed by atoms with Crippen LogP contribution in [0.2, 0.25) is 0 Å². The van der Waals surface area contributed by atoms with E-state index in [4.69, 9.17) is 14.2 Å². The molecule has 0 fully saturated rings. The van der Waals surface area contributed by atoms with E-state index in [0.29, 0.717) is 25.7 Å². The van der Waals surface area contributed by atoms with Crippen LogP contribution in [0.5, 0.6) is 0 Å². The molecule has 0 aromatic carbocycles. The normalized spacial score (nSPS) is 12.4. The Balaban J connectivity index is 4.36. The number of allylic oxidation sites excluding steroid dienone is 8. The number of esters is 3. The van der Waals surface area contributed by atoms with E-state index in [1.165, 1.54) is 141 Å². The fraction of sp³-hybridized carbons (Fsp3) is 0.796. The first-order chi connectivity index (χ1) is 29.5. The Morgan fingerprint density at radius 3 is 1.02 bits per heavy atom. The molecular weight excluding hydrogens is 745 g/mol. The maximum atomic E-state index is 12.8. The summed E-state index contributed by atoms with van der Waals surface area (Å²) in [5, 5.41) is 0. The Morgan fingerprint density at radius 1 is 0.333 bits per heavy atom. The topological polar surface area (TPSA) is 78.9 Å². The summed E-state index contributed by atoms with van der Waals surface area (Å²) < 4.78 is 16.7. The van der Waals surface area contributed by atoms with Gasteiger partial charge in [-0.1, -0.05) is 198 Å². The summed E-state index contributed by atoms with van der Waals surface area (Å²) in [6.45, 7) is 6.55. The van der Waals surface area contributed by atoms with Crippen molar-refractivity contribution >= 4 is 17.9 Å². The highest BCUT2D eigenvalue weighted by Crippen LogP contribution is 2.14. The van der Waals surface area contributed by atoms with Crippen LogP contribution in [0.15, 0.2) is 48.6 Å². The third kappa shape index (κ3) is 46.4. The van der Waals surface area contributed by atoms with E-state index >= 15 is 0 Å². The summed E-state index contributed by atoms with van der Waals surface area (Å²) in [7, 11) is 0. The molecule has 0 aliphatic heterocycles. The smallest absolute Gasteiger partial charge is 0.306 e. The van der Waals surface area contributed by atoms with Crippen molar-refractivity contribution in [3.63, 3.8) is 0 Å². The molecule has 0 aliphatic rings. The molecule has 0 spiro atoms. The maximum absolute atomic E-state index is 12.8. The quantitative estimate of drug-likeness (QED) is 0.0200. The highest BCUT2D eigenvalue weighted by Gasteiger charge is 2.19. The van der Waals surface area contributed by atoms with Gasteiger partial charge in [-0.15, -0.1) is 0 Å². The van der Waals surface area contributed by atoms with Crippen LogP contribution < -0.4 is 0 Å². The SMILES string of the molecule is CCCCCC/C=C\CCCCCCCCCC(=O)OC(COC(=O)CCC/C=C\CCCCCC)COC(=O)CCCCCCC/C=C\C=C/CCCCCCCCC. The summed E-state index contributed by atoms with van der Waals surface area (Å²) >= 11 is 0. The number of hydrogen-bond donors (Lipinski definition) is 0. The molecule has 0 aliphatic carbocycles. The predicted octanol–water partition coefficient (Wildman–Crippen LogP) is 16.7. The number of rotatable bonds is 46. The predicted molar refractivity (Wildman–Crippen MR) is 256 cm³/mol. The van der Waals surface area contributed by atoms with Gasteiger partial charge in [0.2, 0.25) is 0 Å². The van der Waals surface area contributed by atoms with Crippen molar-refractivity contribution < 1.29 is 28.6 Å². The van der Waals surface area contributed by atoms with Crippen molar-refractivity contribution in [1.82, 2.24) is 0 Å². The number of carbonyl (C=O) groups excluding carboxylic acids is 3. The summed E-state index contributed by atoms with van der Waals surface area (Å²) in [6, 6.07) is 0. The third-order valence-corrected chi connectivity index (χ3v) is 11.1. The van der Waals surface area contributed by atoms with E-state index in [9.17, 15) is 14.4 Å². The van der Waals surface area contributed by atoms with E-state index in [2.05, 4.69) is 69.4 Å². The van der Waals surface area contributed by atoms with Crippen LogP contribution in [0.3, 0.4) is 0 Å². The van der Waals surface area contributed by atoms with Gasteiger partial charge >= 0.3 is 17.9 Å². The molecule has 0 saturated heterocycles. The molecular formula is C54H96O6. The van der Waals surface area contributed by atoms with Crippen LogP contribution >= 0.6 is 0 Å². The zero-order chi connectivity index (χ0) is 43.7. The van der Waals surface area contributed by atoms with Gasteiger partial charge in [0.1, 0.15) is 13.2 Å². The zero-order valence-electron chi connectivity index (χ0n) is 39.7. The monoisotopic (exact) mass is 841 g/mol. The van der Waals surface area contributed by atoms with E-state index in [1.54, 1.807) is 0 Å². The minimum Gasteiger partial charge on any atom is -0.462 e. The van der Waals surface area contributed by atoms with Crippen molar-refractivity contribution in [2.45, 2.75) is 264 Å². The first kappa shape index (κ1) is 57.4. The second kappa shape index (κ2) is 49.0. The molecule has 6 heteroatoms. The van der Waals surface area contributed by atoms with E-state index < -0.39 is 6.10 Å². The van der Waals surface area contributed by atoms with Crippen molar-refractivity contribution in [2.24, 2.45) is 0 Å². The summed E-state index contributed by atoms with van der Waals surface area (Å²) in [4.78, 5) is 37.8. The van der Waals surface area contributed by atoms with E-state index in [-0.39, 0.29) is 31.1 Å². The molecule has 0 saturated carbocycles. The second-order valence-electron chi connectivity index (χ2n) is 17.1. The fourth-order valence-corrected chi connectivity index (χ4v) is 7.14. The molecule has 6 nitrogen and oxygen atoms in total. The molecule has 0 aromatic heterocycles. The van der Waals surface area contributed by atoms with Gasteiger partial charge in [0.25, 0.3) is 0 Å². The first-order valence-corrected chi connectivity index (χ1v) is 25.7. The number of carbonyl (C=O) groups is 3. The zero-order valence-corrected chi connectivity index (χ0v) is 39.7. The maximum Gasteiger partial charge on any atom is 0.306 e. The molecule has 0 aromatic rings. The van der Waals surface area contributed by atoms with Crippen LogP contribution in [-0.4, -0.2) is 37.2 Å². The lowest BCUT2D eigenvalue weighted by Crippen LogP contribution is -2.30. The molecule has 0 rings (SSSR count). The van der Waals surface area contributed by atoms with Crippen LogP contribution in [0.25, 0.3) is 0 Å². The van der Waals surface area contributed by atoms with Crippen LogP contribution in [0, 0.1) is 0 Å². The first-order valence-electron chi connectivity index (χ1n) is 25.7. The Morgan fingerprint density at radius 2 is 0.617 bits per heavy atom. The molecule has 348 valence electrons. The van der Waals surface area contributed by atoms with Gasteiger partial charge in [0, 0.05) is 19.3 Å². The molecule has 0 amide bonds. The Kier molecular flexibility index (Phi) is 46.9. The second-order valence-corrected chi connectivity index (χ2v) is 17.1. The lowest BCUT2D eigenvalue weighted by Gasteiger charge is -2.18. The third-order valence-electron chi connectivity index (χ3n) is 11.1. The van der Waals surface area contributed by atoms with Crippen molar-refractivity contribution in [3.05, 3.63) is 48.6 Å². The van der Waals surface area contributed by atoms with E-state index in [0.717, 1.165) is 70.6 Å². The Labute approximate surface area is 371 Å². The van der Waals surface area contributed by atoms with Gasteiger partial charge in [0.05, 0.1) is 0 Å². The molecule has 0 N–H and O–H groups in total.